The molecular formula is C26H21FN4OS. The van der Waals surface area contributed by atoms with Crippen molar-refractivity contribution in [3.63, 3.8) is 0 Å². The second kappa shape index (κ2) is 8.15. The van der Waals surface area contributed by atoms with E-state index in [1.165, 1.54) is 29.5 Å². The number of imidazole rings is 1. The molecule has 0 saturated heterocycles. The number of aryl methyl sites for hydroxylation is 1. The van der Waals surface area contributed by atoms with Crippen molar-refractivity contribution in [3.05, 3.63) is 95.3 Å². The Labute approximate surface area is 194 Å². The van der Waals surface area contributed by atoms with Crippen LogP contribution < -0.4 is 0 Å². The number of H-pyrrole nitrogens is 1. The number of carbonyl (C=O) groups excluding carboxylic acids is 1. The second-order valence-electron chi connectivity index (χ2n) is 8.37. The van der Waals surface area contributed by atoms with Gasteiger partial charge in [0.1, 0.15) is 5.82 Å². The van der Waals surface area contributed by atoms with Crippen LogP contribution in [0.5, 0.6) is 0 Å². The number of hydrogen-bond donors (Lipinski definition) is 1. The molecule has 2 heterocycles. The molecule has 4 aromatic rings. The summed E-state index contributed by atoms with van der Waals surface area (Å²) in [6.07, 6.45) is 1.84. The third-order valence-corrected chi connectivity index (χ3v) is 7.25. The molecule has 3 aromatic carbocycles. The number of aromatic amines is 1. The molecule has 0 spiro atoms. The predicted molar refractivity (Wildman–Crippen MR) is 128 cm³/mol. The fraction of sp³-hybridized carbons (Fsp3) is 0.192. The smallest absolute Gasteiger partial charge is 0.253 e. The lowest BCUT2D eigenvalue weighted by atomic mass is 9.77. The van der Waals surface area contributed by atoms with Crippen molar-refractivity contribution >= 4 is 34.4 Å². The highest BCUT2D eigenvalue weighted by atomic mass is 32.2. The summed E-state index contributed by atoms with van der Waals surface area (Å²) in [5, 5.41) is 7.17. The number of benzene rings is 3. The minimum absolute atomic E-state index is 0.0884. The van der Waals surface area contributed by atoms with Gasteiger partial charge < -0.3 is 4.98 Å². The van der Waals surface area contributed by atoms with Gasteiger partial charge in [-0.05, 0) is 48.2 Å². The van der Waals surface area contributed by atoms with E-state index in [-0.39, 0.29) is 29.4 Å². The van der Waals surface area contributed by atoms with Gasteiger partial charge in [-0.25, -0.2) is 14.4 Å². The van der Waals surface area contributed by atoms with E-state index in [0.717, 1.165) is 40.7 Å². The van der Waals surface area contributed by atoms with E-state index in [9.17, 15) is 9.18 Å². The predicted octanol–water partition coefficient (Wildman–Crippen LogP) is 5.34. The fourth-order valence-corrected chi connectivity index (χ4v) is 5.60. The zero-order valence-electron chi connectivity index (χ0n) is 17.7. The van der Waals surface area contributed by atoms with Crippen molar-refractivity contribution in [2.45, 2.75) is 24.0 Å². The highest BCUT2D eigenvalue weighted by molar-refractivity contribution is 7.99. The van der Waals surface area contributed by atoms with Gasteiger partial charge in [-0.15, -0.1) is 0 Å². The summed E-state index contributed by atoms with van der Waals surface area (Å²) in [7, 11) is 0. The number of amides is 1. The van der Waals surface area contributed by atoms with Gasteiger partial charge >= 0.3 is 0 Å². The highest BCUT2D eigenvalue weighted by Crippen LogP contribution is 2.43. The summed E-state index contributed by atoms with van der Waals surface area (Å²) in [5.74, 6) is -0.0762. The van der Waals surface area contributed by atoms with Gasteiger partial charge in [0.25, 0.3) is 5.91 Å². The first-order valence-electron chi connectivity index (χ1n) is 11.0. The Morgan fingerprint density at radius 3 is 2.70 bits per heavy atom. The lowest BCUT2D eigenvalue weighted by molar-refractivity contribution is -0.130. The van der Waals surface area contributed by atoms with Crippen molar-refractivity contribution in [2.24, 2.45) is 11.0 Å². The van der Waals surface area contributed by atoms with Gasteiger partial charge in [0.05, 0.1) is 28.5 Å². The Kier molecular flexibility index (Phi) is 4.99. The minimum atomic E-state index is -0.287. The minimum Gasteiger partial charge on any atom is -0.333 e. The zero-order valence-corrected chi connectivity index (χ0v) is 18.6. The van der Waals surface area contributed by atoms with E-state index >= 15 is 0 Å². The number of rotatable bonds is 4. The second-order valence-corrected chi connectivity index (χ2v) is 9.33. The van der Waals surface area contributed by atoms with Gasteiger partial charge in [-0.1, -0.05) is 60.3 Å². The number of fused-ring (bicyclic) bond motifs is 4. The standard InChI is InChI=1S/C26H21FN4OS/c27-18-12-9-17(10-13-18)25-20-14-11-16-5-1-2-6-19(16)24(20)30-31(25)23(32)15-33-26-28-21-7-3-4-8-22(21)29-26/h1-10,12-13,20,25H,11,14-15H2,(H,28,29)/t20-,25+/m1/s1. The molecule has 2 atom stereocenters. The maximum atomic E-state index is 13.6. The first kappa shape index (κ1) is 20.2. The Morgan fingerprint density at radius 1 is 1.06 bits per heavy atom. The lowest BCUT2D eigenvalue weighted by Gasteiger charge is -2.29. The van der Waals surface area contributed by atoms with Crippen LogP contribution in [-0.2, 0) is 11.2 Å². The molecule has 1 N–H and O–H groups in total. The zero-order chi connectivity index (χ0) is 22.4. The number of hydrogen-bond acceptors (Lipinski definition) is 4. The summed E-state index contributed by atoms with van der Waals surface area (Å²) >= 11 is 1.37. The lowest BCUT2D eigenvalue weighted by Crippen LogP contribution is -2.33. The Bertz CT molecular complexity index is 1350. The van der Waals surface area contributed by atoms with Crippen LogP contribution in [0.3, 0.4) is 0 Å². The molecule has 1 aliphatic heterocycles. The maximum Gasteiger partial charge on any atom is 0.253 e. The number of halogens is 1. The average Bonchev–Trinajstić information content (AvgIpc) is 3.44. The number of carbonyl (C=O) groups is 1. The maximum absolute atomic E-state index is 13.6. The summed E-state index contributed by atoms with van der Waals surface area (Å²) in [4.78, 5) is 21.2. The first-order valence-corrected chi connectivity index (χ1v) is 12.0. The van der Waals surface area contributed by atoms with Crippen molar-refractivity contribution < 1.29 is 9.18 Å². The number of thioether (sulfide) groups is 1. The van der Waals surface area contributed by atoms with E-state index < -0.39 is 0 Å². The van der Waals surface area contributed by atoms with Crippen LogP contribution in [-0.4, -0.2) is 32.3 Å². The summed E-state index contributed by atoms with van der Waals surface area (Å²) in [6.45, 7) is 0. The van der Waals surface area contributed by atoms with Crippen molar-refractivity contribution in [1.82, 2.24) is 15.0 Å². The molecule has 0 unspecified atom stereocenters. The number of para-hydroxylation sites is 2. The van der Waals surface area contributed by atoms with E-state index in [0.29, 0.717) is 5.16 Å². The van der Waals surface area contributed by atoms with Gasteiger partial charge in [0.2, 0.25) is 0 Å². The molecule has 1 aromatic heterocycles. The average molecular weight is 457 g/mol. The molecule has 0 saturated carbocycles. The molecule has 1 amide bonds. The molecule has 164 valence electrons. The molecule has 33 heavy (non-hydrogen) atoms. The largest absolute Gasteiger partial charge is 0.333 e. The molecule has 0 radical (unpaired) electrons. The van der Waals surface area contributed by atoms with Crippen LogP contribution in [0.2, 0.25) is 0 Å². The van der Waals surface area contributed by atoms with Gasteiger partial charge in [-0.3, -0.25) is 4.79 Å². The molecule has 1 aliphatic carbocycles. The van der Waals surface area contributed by atoms with Crippen LogP contribution in [0.4, 0.5) is 4.39 Å². The highest BCUT2D eigenvalue weighted by Gasteiger charge is 2.43. The summed E-state index contributed by atoms with van der Waals surface area (Å²) in [5.41, 5.74) is 6.05. The van der Waals surface area contributed by atoms with Gasteiger partial charge in [-0.2, -0.15) is 5.10 Å². The number of aromatic nitrogens is 2. The van der Waals surface area contributed by atoms with Crippen molar-refractivity contribution in [3.8, 4) is 0 Å². The molecule has 5 nitrogen and oxygen atoms in total. The van der Waals surface area contributed by atoms with Crippen LogP contribution in [0.1, 0.15) is 29.2 Å². The Morgan fingerprint density at radius 2 is 1.85 bits per heavy atom. The SMILES string of the molecule is O=C(CSc1nc2ccccc2[nH]1)N1N=C2c3ccccc3CC[C@H]2[C@@H]1c1ccc(F)cc1. The van der Waals surface area contributed by atoms with E-state index in [1.54, 1.807) is 17.1 Å². The van der Waals surface area contributed by atoms with E-state index in [2.05, 4.69) is 22.1 Å². The van der Waals surface area contributed by atoms with E-state index in [1.807, 2.05) is 36.4 Å². The number of nitrogens with one attached hydrogen (secondary N) is 1. The van der Waals surface area contributed by atoms with Gasteiger partial charge in [0.15, 0.2) is 5.16 Å². The first-order chi connectivity index (χ1) is 16.2. The van der Waals surface area contributed by atoms with Crippen molar-refractivity contribution in [2.75, 3.05) is 5.75 Å². The van der Waals surface area contributed by atoms with Crippen molar-refractivity contribution in [1.29, 1.82) is 0 Å². The third-order valence-electron chi connectivity index (χ3n) is 6.40. The van der Waals surface area contributed by atoms with Crippen LogP contribution in [0.25, 0.3) is 11.0 Å². The van der Waals surface area contributed by atoms with Crippen LogP contribution >= 0.6 is 11.8 Å². The molecule has 2 aliphatic rings. The quantitative estimate of drug-likeness (QED) is 0.422. The van der Waals surface area contributed by atoms with Gasteiger partial charge in [0, 0.05) is 11.5 Å². The molecule has 0 fully saturated rings. The van der Waals surface area contributed by atoms with Crippen LogP contribution in [0, 0.1) is 11.7 Å². The summed E-state index contributed by atoms with van der Waals surface area (Å²) < 4.78 is 13.6. The molecule has 0 bridgehead atoms. The summed E-state index contributed by atoms with van der Waals surface area (Å²) in [6, 6.07) is 22.3. The van der Waals surface area contributed by atoms with E-state index in [4.69, 9.17) is 5.10 Å². The number of nitrogens with zero attached hydrogens (tertiary/aromatic N) is 3. The molecule has 7 heteroatoms. The normalized spacial score (nSPS) is 19.3. The topological polar surface area (TPSA) is 61.4 Å². The Hall–Kier alpha value is -3.45. The third kappa shape index (κ3) is 3.62. The Balaban J connectivity index is 1.31. The van der Waals surface area contributed by atoms with Crippen LogP contribution in [0.15, 0.2) is 83.1 Å². The molecular weight excluding hydrogens is 435 g/mol. The monoisotopic (exact) mass is 456 g/mol. The molecule has 6 rings (SSSR count). The fourth-order valence-electron chi connectivity index (χ4n) is 4.86. The number of hydrazone groups is 1.